The zero-order chi connectivity index (χ0) is 27.4. The van der Waals surface area contributed by atoms with E-state index in [9.17, 15) is 9.59 Å². The molecule has 0 radical (unpaired) electrons. The van der Waals surface area contributed by atoms with E-state index in [4.69, 9.17) is 15.2 Å². The number of pyridine rings is 1. The Bertz CT molecular complexity index is 1250. The fraction of sp³-hybridized carbons (Fsp3) is 0.483. The van der Waals surface area contributed by atoms with Crippen LogP contribution in [0.25, 0.3) is 10.9 Å². The SMILES string of the molecule is CC(c1c[nH]c2ccccc12)C(NC(=O)C1CCN(c2cccnc2)CC1)C(=O)N(C)CC1OCC(N)CO1. The lowest BCUT2D eigenvalue weighted by molar-refractivity contribution is -0.193. The van der Waals surface area contributed by atoms with Crippen molar-refractivity contribution in [1.82, 2.24) is 20.2 Å². The Morgan fingerprint density at radius 2 is 1.92 bits per heavy atom. The van der Waals surface area contributed by atoms with Crippen LogP contribution in [-0.2, 0) is 19.1 Å². The van der Waals surface area contributed by atoms with Gasteiger partial charge in [0.2, 0.25) is 11.8 Å². The Balaban J connectivity index is 1.30. The third-order valence-corrected chi connectivity index (χ3v) is 7.84. The van der Waals surface area contributed by atoms with Crippen LogP contribution in [-0.4, -0.2) is 85.0 Å². The van der Waals surface area contributed by atoms with Crippen molar-refractivity contribution in [3.63, 3.8) is 0 Å². The van der Waals surface area contributed by atoms with Crippen molar-refractivity contribution in [2.24, 2.45) is 11.7 Å². The van der Waals surface area contributed by atoms with Crippen LogP contribution in [0, 0.1) is 5.92 Å². The van der Waals surface area contributed by atoms with Gasteiger partial charge >= 0.3 is 0 Å². The number of para-hydroxylation sites is 1. The van der Waals surface area contributed by atoms with Gasteiger partial charge in [-0.3, -0.25) is 14.6 Å². The largest absolute Gasteiger partial charge is 0.370 e. The maximum absolute atomic E-state index is 13.9. The Labute approximate surface area is 228 Å². The Morgan fingerprint density at radius 3 is 2.64 bits per heavy atom. The first-order valence-electron chi connectivity index (χ1n) is 13.7. The third-order valence-electron chi connectivity index (χ3n) is 7.84. The number of piperidine rings is 1. The highest BCUT2D eigenvalue weighted by atomic mass is 16.7. The number of carbonyl (C=O) groups excluding carboxylic acids is 2. The number of aromatic amines is 1. The number of carbonyl (C=O) groups is 2. The maximum atomic E-state index is 13.9. The first-order chi connectivity index (χ1) is 18.9. The summed E-state index contributed by atoms with van der Waals surface area (Å²) in [7, 11) is 1.72. The molecule has 5 rings (SSSR count). The van der Waals surface area contributed by atoms with Gasteiger partial charge < -0.3 is 35.3 Å². The van der Waals surface area contributed by atoms with Gasteiger partial charge in [-0.25, -0.2) is 0 Å². The van der Waals surface area contributed by atoms with Crippen LogP contribution in [0.4, 0.5) is 5.69 Å². The minimum Gasteiger partial charge on any atom is -0.370 e. The van der Waals surface area contributed by atoms with Crippen LogP contribution in [0.5, 0.6) is 0 Å². The third kappa shape index (κ3) is 6.24. The lowest BCUT2D eigenvalue weighted by Gasteiger charge is -2.35. The van der Waals surface area contributed by atoms with E-state index < -0.39 is 12.3 Å². The van der Waals surface area contributed by atoms with Crippen LogP contribution in [0.2, 0.25) is 0 Å². The van der Waals surface area contributed by atoms with Crippen LogP contribution in [0.3, 0.4) is 0 Å². The summed E-state index contributed by atoms with van der Waals surface area (Å²) in [5.74, 6) is -0.705. The molecular weight excluding hydrogens is 496 g/mol. The zero-order valence-corrected chi connectivity index (χ0v) is 22.6. The molecule has 0 aliphatic carbocycles. The average Bonchev–Trinajstić information content (AvgIpc) is 3.41. The Morgan fingerprint density at radius 1 is 1.18 bits per heavy atom. The number of aromatic nitrogens is 2. The first-order valence-corrected chi connectivity index (χ1v) is 13.7. The van der Waals surface area contributed by atoms with Crippen molar-refractivity contribution < 1.29 is 19.1 Å². The molecule has 2 atom stereocenters. The number of nitrogens with zero attached hydrogens (tertiary/aromatic N) is 3. The second-order valence-corrected chi connectivity index (χ2v) is 10.6. The van der Waals surface area contributed by atoms with Gasteiger partial charge in [0.15, 0.2) is 6.29 Å². The molecule has 2 aliphatic heterocycles. The molecule has 2 aliphatic rings. The number of hydrogen-bond acceptors (Lipinski definition) is 7. The van der Waals surface area contributed by atoms with E-state index in [1.54, 1.807) is 18.1 Å². The van der Waals surface area contributed by atoms with E-state index >= 15 is 0 Å². The van der Waals surface area contributed by atoms with Crippen LogP contribution < -0.4 is 16.0 Å². The summed E-state index contributed by atoms with van der Waals surface area (Å²) >= 11 is 0. The number of ether oxygens (including phenoxy) is 2. The Hall–Kier alpha value is -3.47. The number of likely N-dealkylation sites (N-methyl/N-ethyl adjacent to an activating group) is 1. The fourth-order valence-electron chi connectivity index (χ4n) is 5.48. The van der Waals surface area contributed by atoms with E-state index in [2.05, 4.69) is 20.2 Å². The molecular formula is C29H38N6O4. The summed E-state index contributed by atoms with van der Waals surface area (Å²) in [6.45, 7) is 4.54. The maximum Gasteiger partial charge on any atom is 0.245 e. The summed E-state index contributed by atoms with van der Waals surface area (Å²) in [5.41, 5.74) is 8.90. The van der Waals surface area contributed by atoms with Gasteiger partial charge in [0.05, 0.1) is 37.7 Å². The molecule has 4 N–H and O–H groups in total. The molecule has 4 heterocycles. The highest BCUT2D eigenvalue weighted by Gasteiger charge is 2.35. The van der Waals surface area contributed by atoms with Crippen molar-refractivity contribution in [2.75, 3.05) is 44.8 Å². The molecule has 0 bridgehead atoms. The number of nitrogens with one attached hydrogen (secondary N) is 2. The van der Waals surface area contributed by atoms with Crippen molar-refractivity contribution in [3.05, 3.63) is 60.6 Å². The quantitative estimate of drug-likeness (QED) is 0.405. The van der Waals surface area contributed by atoms with Crippen molar-refractivity contribution in [2.45, 2.75) is 44.1 Å². The van der Waals surface area contributed by atoms with Gasteiger partial charge in [0.25, 0.3) is 0 Å². The van der Waals surface area contributed by atoms with Gasteiger partial charge in [0, 0.05) is 55.3 Å². The number of rotatable bonds is 8. The van der Waals surface area contributed by atoms with Crippen LogP contribution in [0.15, 0.2) is 55.0 Å². The van der Waals surface area contributed by atoms with Gasteiger partial charge in [0.1, 0.15) is 6.04 Å². The molecule has 1 aromatic carbocycles. The fourth-order valence-corrected chi connectivity index (χ4v) is 5.48. The second-order valence-electron chi connectivity index (χ2n) is 10.6. The summed E-state index contributed by atoms with van der Waals surface area (Å²) in [6.07, 6.45) is 6.42. The molecule has 10 nitrogen and oxygen atoms in total. The molecule has 2 fully saturated rings. The highest BCUT2D eigenvalue weighted by molar-refractivity contribution is 5.91. The van der Waals surface area contributed by atoms with E-state index in [0.29, 0.717) is 26.1 Å². The van der Waals surface area contributed by atoms with Gasteiger partial charge in [-0.2, -0.15) is 0 Å². The van der Waals surface area contributed by atoms with E-state index in [1.807, 2.05) is 55.7 Å². The first kappa shape index (κ1) is 27.1. The average molecular weight is 535 g/mol. The van der Waals surface area contributed by atoms with Gasteiger partial charge in [-0.1, -0.05) is 25.1 Å². The molecule has 2 aromatic heterocycles. The molecule has 39 heavy (non-hydrogen) atoms. The molecule has 2 amide bonds. The smallest absolute Gasteiger partial charge is 0.245 e. The van der Waals surface area contributed by atoms with Crippen LogP contribution in [0.1, 0.15) is 31.2 Å². The number of nitrogens with two attached hydrogens (primary N) is 1. The number of H-pyrrole nitrogens is 1. The zero-order valence-electron chi connectivity index (χ0n) is 22.6. The monoisotopic (exact) mass is 534 g/mol. The Kier molecular flexibility index (Phi) is 8.44. The van der Waals surface area contributed by atoms with E-state index in [1.165, 1.54) is 0 Å². The molecule has 0 spiro atoms. The predicted octanol–water partition coefficient (Wildman–Crippen LogP) is 2.23. The summed E-state index contributed by atoms with van der Waals surface area (Å²) in [6, 6.07) is 11.0. The minimum atomic E-state index is -0.746. The number of fused-ring (bicyclic) bond motifs is 1. The molecule has 3 aromatic rings. The number of benzene rings is 1. The summed E-state index contributed by atoms with van der Waals surface area (Å²) in [5, 5.41) is 4.18. The normalized spacial score (nSPS) is 21.9. The van der Waals surface area contributed by atoms with Crippen molar-refractivity contribution >= 4 is 28.4 Å². The number of amides is 2. The van der Waals surface area contributed by atoms with Gasteiger partial charge in [-0.15, -0.1) is 0 Å². The molecule has 2 saturated heterocycles. The molecule has 0 saturated carbocycles. The second kappa shape index (κ2) is 12.1. The lowest BCUT2D eigenvalue weighted by atomic mass is 9.90. The standard InChI is InChI=1S/C29H38N6O4/c1-19(24-15-32-25-8-4-3-7-23(24)25)27(29(37)34(2)16-26-38-17-21(30)18-39-26)33-28(36)20-9-12-35(13-10-20)22-6-5-11-31-14-22/h3-8,11,14-15,19-21,26-27,32H,9-10,12-13,16-18,30H2,1-2H3,(H,33,36). The van der Waals surface area contributed by atoms with Gasteiger partial charge in [-0.05, 0) is 36.6 Å². The van der Waals surface area contributed by atoms with E-state index in [-0.39, 0.29) is 36.2 Å². The topological polar surface area (TPSA) is 126 Å². The highest BCUT2D eigenvalue weighted by Crippen LogP contribution is 2.29. The lowest BCUT2D eigenvalue weighted by Crippen LogP contribution is -2.54. The van der Waals surface area contributed by atoms with Crippen molar-refractivity contribution in [1.29, 1.82) is 0 Å². The van der Waals surface area contributed by atoms with Crippen LogP contribution >= 0.6 is 0 Å². The van der Waals surface area contributed by atoms with Crippen molar-refractivity contribution in [3.8, 4) is 0 Å². The molecule has 2 unspecified atom stereocenters. The summed E-state index contributed by atoms with van der Waals surface area (Å²) in [4.78, 5) is 38.8. The minimum absolute atomic E-state index is 0.0876. The number of hydrogen-bond donors (Lipinski definition) is 3. The molecule has 10 heteroatoms. The predicted molar refractivity (Wildman–Crippen MR) is 149 cm³/mol. The molecule has 208 valence electrons. The number of anilines is 1. The van der Waals surface area contributed by atoms with E-state index in [0.717, 1.165) is 35.2 Å². The summed E-state index contributed by atoms with van der Waals surface area (Å²) < 4.78 is 11.3.